The molecule has 21 heavy (non-hydrogen) atoms. The first-order chi connectivity index (χ1) is 9.82. The topological polar surface area (TPSA) is 119 Å². The number of methoxy groups -OCH3 is 1. The highest BCUT2D eigenvalue weighted by Crippen LogP contribution is 2.23. The standard InChI is InChI=1S/C12H18N4O4S/c1-20-11-3-2-9(13)8-10(11)12(17)15-4-6-16(7-5-15)21(14,18)19/h2-3,8H,4-7,13H2,1H3,(H2,14,18,19). The molecular weight excluding hydrogens is 296 g/mol. The number of rotatable bonds is 3. The second-order valence-corrected chi connectivity index (χ2v) is 6.24. The Morgan fingerprint density at radius 3 is 2.38 bits per heavy atom. The molecule has 1 amide bonds. The monoisotopic (exact) mass is 314 g/mol. The summed E-state index contributed by atoms with van der Waals surface area (Å²) in [5, 5.41) is 5.07. The molecule has 1 aromatic carbocycles. The Labute approximate surface area is 123 Å². The minimum absolute atomic E-state index is 0.176. The van der Waals surface area contributed by atoms with E-state index < -0.39 is 10.2 Å². The van der Waals surface area contributed by atoms with Crippen molar-refractivity contribution in [1.29, 1.82) is 0 Å². The minimum Gasteiger partial charge on any atom is -0.496 e. The Bertz CT molecular complexity index is 639. The van der Waals surface area contributed by atoms with Gasteiger partial charge in [0.15, 0.2) is 0 Å². The Hall–Kier alpha value is -1.84. The molecule has 0 aromatic heterocycles. The van der Waals surface area contributed by atoms with Gasteiger partial charge in [0.25, 0.3) is 16.1 Å². The van der Waals surface area contributed by atoms with Crippen molar-refractivity contribution in [2.75, 3.05) is 39.0 Å². The van der Waals surface area contributed by atoms with Crippen molar-refractivity contribution in [3.63, 3.8) is 0 Å². The molecule has 9 heteroatoms. The molecule has 8 nitrogen and oxygen atoms in total. The van der Waals surface area contributed by atoms with Gasteiger partial charge in [-0.25, -0.2) is 5.14 Å². The number of nitrogens with two attached hydrogens (primary N) is 2. The SMILES string of the molecule is COc1ccc(N)cc1C(=O)N1CCN(S(N)(=O)=O)CC1. The van der Waals surface area contributed by atoms with E-state index in [9.17, 15) is 13.2 Å². The van der Waals surface area contributed by atoms with Gasteiger partial charge in [-0.15, -0.1) is 0 Å². The summed E-state index contributed by atoms with van der Waals surface area (Å²) in [7, 11) is -2.24. The molecule has 0 spiro atoms. The van der Waals surface area contributed by atoms with E-state index in [-0.39, 0.29) is 32.1 Å². The van der Waals surface area contributed by atoms with Crippen LogP contribution in [0.2, 0.25) is 0 Å². The third kappa shape index (κ3) is 3.43. The number of amides is 1. The lowest BCUT2D eigenvalue weighted by Crippen LogP contribution is -2.52. The summed E-state index contributed by atoms with van der Waals surface area (Å²) in [5.74, 6) is 0.191. The molecule has 0 aliphatic carbocycles. The summed E-state index contributed by atoms with van der Waals surface area (Å²) in [6, 6.07) is 4.82. The molecule has 1 heterocycles. The van der Waals surface area contributed by atoms with Gasteiger partial charge in [0, 0.05) is 31.9 Å². The maximum absolute atomic E-state index is 12.5. The van der Waals surface area contributed by atoms with E-state index in [2.05, 4.69) is 0 Å². The van der Waals surface area contributed by atoms with E-state index in [1.54, 1.807) is 23.1 Å². The van der Waals surface area contributed by atoms with Crippen molar-refractivity contribution >= 4 is 21.8 Å². The third-order valence-electron chi connectivity index (χ3n) is 3.34. The maximum Gasteiger partial charge on any atom is 0.277 e. The van der Waals surface area contributed by atoms with Gasteiger partial charge in [-0.1, -0.05) is 0 Å². The molecule has 0 radical (unpaired) electrons. The molecule has 1 aliphatic heterocycles. The van der Waals surface area contributed by atoms with Crippen LogP contribution in [0, 0.1) is 0 Å². The number of carbonyl (C=O) groups is 1. The first kappa shape index (κ1) is 15.5. The van der Waals surface area contributed by atoms with Crippen molar-refractivity contribution in [2.45, 2.75) is 0 Å². The molecule has 1 fully saturated rings. The molecule has 1 saturated heterocycles. The number of benzene rings is 1. The van der Waals surface area contributed by atoms with E-state index in [0.717, 1.165) is 4.31 Å². The highest BCUT2D eigenvalue weighted by atomic mass is 32.2. The molecule has 116 valence electrons. The van der Waals surface area contributed by atoms with Crippen molar-refractivity contribution < 1.29 is 17.9 Å². The van der Waals surface area contributed by atoms with Crippen LogP contribution in [-0.4, -0.2) is 56.8 Å². The number of carbonyl (C=O) groups excluding carboxylic acids is 1. The van der Waals surface area contributed by atoms with Crippen LogP contribution in [0.4, 0.5) is 5.69 Å². The third-order valence-corrected chi connectivity index (χ3v) is 4.42. The van der Waals surface area contributed by atoms with E-state index in [4.69, 9.17) is 15.6 Å². The van der Waals surface area contributed by atoms with Crippen LogP contribution in [0.15, 0.2) is 18.2 Å². The second-order valence-electron chi connectivity index (χ2n) is 4.70. The number of hydrogen-bond acceptors (Lipinski definition) is 5. The Morgan fingerprint density at radius 1 is 1.24 bits per heavy atom. The lowest BCUT2D eigenvalue weighted by Gasteiger charge is -2.33. The van der Waals surface area contributed by atoms with Gasteiger partial charge >= 0.3 is 0 Å². The molecule has 1 aliphatic rings. The summed E-state index contributed by atoms with van der Waals surface area (Å²) < 4.78 is 28.8. The molecule has 0 saturated carbocycles. The fraction of sp³-hybridized carbons (Fsp3) is 0.417. The Kier molecular flexibility index (Phi) is 4.35. The van der Waals surface area contributed by atoms with E-state index in [1.165, 1.54) is 7.11 Å². The molecule has 0 bridgehead atoms. The number of anilines is 1. The van der Waals surface area contributed by atoms with Crippen molar-refractivity contribution in [3.05, 3.63) is 23.8 Å². The van der Waals surface area contributed by atoms with Crippen LogP contribution in [0.3, 0.4) is 0 Å². The van der Waals surface area contributed by atoms with Crippen LogP contribution in [0.25, 0.3) is 0 Å². The average Bonchev–Trinajstić information content (AvgIpc) is 2.45. The van der Waals surface area contributed by atoms with Crippen molar-refractivity contribution in [3.8, 4) is 5.75 Å². The lowest BCUT2D eigenvalue weighted by molar-refractivity contribution is 0.0694. The van der Waals surface area contributed by atoms with E-state index in [1.807, 2.05) is 0 Å². The Balaban J connectivity index is 2.14. The molecule has 4 N–H and O–H groups in total. The second kappa shape index (κ2) is 5.88. The summed E-state index contributed by atoms with van der Waals surface area (Å²) in [4.78, 5) is 14.0. The highest BCUT2D eigenvalue weighted by molar-refractivity contribution is 7.86. The number of nitrogen functional groups attached to an aromatic ring is 1. The van der Waals surface area contributed by atoms with Crippen LogP contribution < -0.4 is 15.6 Å². The Morgan fingerprint density at radius 2 is 1.86 bits per heavy atom. The number of hydrogen-bond donors (Lipinski definition) is 2. The predicted octanol–water partition coefficient (Wildman–Crippen LogP) is -0.761. The highest BCUT2D eigenvalue weighted by Gasteiger charge is 2.28. The molecule has 2 rings (SSSR count). The minimum atomic E-state index is -3.71. The van der Waals surface area contributed by atoms with E-state index in [0.29, 0.717) is 17.0 Å². The van der Waals surface area contributed by atoms with Crippen LogP contribution in [-0.2, 0) is 10.2 Å². The van der Waals surface area contributed by atoms with E-state index >= 15 is 0 Å². The summed E-state index contributed by atoms with van der Waals surface area (Å²) in [6.07, 6.45) is 0. The van der Waals surface area contributed by atoms with Crippen molar-refractivity contribution in [1.82, 2.24) is 9.21 Å². The van der Waals surface area contributed by atoms with Gasteiger partial charge in [-0.2, -0.15) is 12.7 Å². The summed E-state index contributed by atoms with van der Waals surface area (Å²) in [5.41, 5.74) is 6.52. The zero-order valence-corrected chi connectivity index (χ0v) is 12.5. The quantitative estimate of drug-likeness (QED) is 0.711. The van der Waals surface area contributed by atoms with Gasteiger partial charge in [-0.05, 0) is 18.2 Å². The number of ether oxygens (including phenoxy) is 1. The molecular formula is C12H18N4O4S. The maximum atomic E-state index is 12.5. The van der Waals surface area contributed by atoms with Gasteiger partial charge in [0.05, 0.1) is 12.7 Å². The number of nitrogens with zero attached hydrogens (tertiary/aromatic N) is 2. The predicted molar refractivity (Wildman–Crippen MR) is 78.0 cm³/mol. The van der Waals surface area contributed by atoms with Crippen LogP contribution >= 0.6 is 0 Å². The van der Waals surface area contributed by atoms with Gasteiger partial charge in [0.1, 0.15) is 5.75 Å². The molecule has 0 unspecified atom stereocenters. The fourth-order valence-electron chi connectivity index (χ4n) is 2.21. The van der Waals surface area contributed by atoms with Gasteiger partial charge < -0.3 is 15.4 Å². The first-order valence-corrected chi connectivity index (χ1v) is 7.84. The average molecular weight is 314 g/mol. The first-order valence-electron chi connectivity index (χ1n) is 6.33. The summed E-state index contributed by atoms with van der Waals surface area (Å²) in [6.45, 7) is 0.894. The zero-order valence-electron chi connectivity index (χ0n) is 11.7. The smallest absolute Gasteiger partial charge is 0.277 e. The van der Waals surface area contributed by atoms with Crippen molar-refractivity contribution in [2.24, 2.45) is 5.14 Å². The molecule has 0 atom stereocenters. The van der Waals surface area contributed by atoms with Crippen LogP contribution in [0.5, 0.6) is 5.75 Å². The zero-order chi connectivity index (χ0) is 15.6. The lowest BCUT2D eigenvalue weighted by atomic mass is 10.1. The van der Waals surface area contributed by atoms with Gasteiger partial charge in [0.2, 0.25) is 0 Å². The largest absolute Gasteiger partial charge is 0.496 e. The van der Waals surface area contributed by atoms with Crippen LogP contribution in [0.1, 0.15) is 10.4 Å². The normalized spacial score (nSPS) is 16.8. The molecule has 1 aromatic rings. The summed E-state index contributed by atoms with van der Waals surface area (Å²) >= 11 is 0. The number of piperazine rings is 1. The van der Waals surface area contributed by atoms with Gasteiger partial charge in [-0.3, -0.25) is 4.79 Å². The fourth-order valence-corrected chi connectivity index (χ4v) is 2.88.